The molecule has 1 unspecified atom stereocenters. The van der Waals surface area contributed by atoms with Crippen molar-refractivity contribution in [3.8, 4) is 0 Å². The lowest BCUT2D eigenvalue weighted by Crippen LogP contribution is -2.26. The van der Waals surface area contributed by atoms with E-state index in [4.69, 9.17) is 4.74 Å². The van der Waals surface area contributed by atoms with Crippen LogP contribution in [0, 0.1) is 0 Å². The largest absolute Gasteiger partial charge is 0.368 e. The van der Waals surface area contributed by atoms with E-state index in [-0.39, 0.29) is 12.0 Å². The van der Waals surface area contributed by atoms with E-state index in [2.05, 4.69) is 41.1 Å². The number of aromatic nitrogens is 1. The van der Waals surface area contributed by atoms with Gasteiger partial charge in [0.2, 0.25) is 0 Å². The van der Waals surface area contributed by atoms with Crippen molar-refractivity contribution in [2.24, 2.45) is 0 Å². The molecule has 22 heavy (non-hydrogen) atoms. The molecule has 1 fully saturated rings. The molecule has 0 radical (unpaired) electrons. The van der Waals surface area contributed by atoms with E-state index in [9.17, 15) is 4.79 Å². The average Bonchev–Trinajstić information content (AvgIpc) is 3.14. The fraction of sp³-hybridized carbons (Fsp3) is 0.471. The Morgan fingerprint density at radius 2 is 2.27 bits per heavy atom. The first-order valence-corrected chi connectivity index (χ1v) is 7.79. The first kappa shape index (κ1) is 15.1. The third-order valence-corrected chi connectivity index (χ3v) is 4.05. The number of hydrogen-bond donors (Lipinski definition) is 1. The van der Waals surface area contributed by atoms with Crippen molar-refractivity contribution in [1.29, 1.82) is 0 Å². The van der Waals surface area contributed by atoms with Crippen molar-refractivity contribution in [1.82, 2.24) is 9.47 Å². The SMILES string of the molecule is CN(C)CCn1ccc2ccc(NC(=O)C3CCCO3)cc21. The molecule has 1 amide bonds. The molecule has 0 spiro atoms. The standard InChI is InChI=1S/C17H23N3O2/c1-19(2)9-10-20-8-7-13-5-6-14(12-15(13)20)18-17(21)16-4-3-11-22-16/h5-8,12,16H,3-4,9-11H2,1-2H3,(H,18,21). The molecule has 2 aromatic rings. The van der Waals surface area contributed by atoms with E-state index in [1.54, 1.807) is 0 Å². The molecule has 1 atom stereocenters. The number of carbonyl (C=O) groups excluding carboxylic acids is 1. The summed E-state index contributed by atoms with van der Waals surface area (Å²) < 4.78 is 7.64. The quantitative estimate of drug-likeness (QED) is 0.922. The summed E-state index contributed by atoms with van der Waals surface area (Å²) in [5.41, 5.74) is 1.98. The van der Waals surface area contributed by atoms with Crippen LogP contribution in [0.1, 0.15) is 12.8 Å². The summed E-state index contributed by atoms with van der Waals surface area (Å²) in [5.74, 6) is -0.0387. The van der Waals surface area contributed by atoms with Crippen LogP contribution in [0.15, 0.2) is 30.5 Å². The molecule has 0 saturated carbocycles. The van der Waals surface area contributed by atoms with Gasteiger partial charge in [-0.2, -0.15) is 0 Å². The second-order valence-corrected chi connectivity index (χ2v) is 6.08. The Hall–Kier alpha value is -1.85. The zero-order valence-corrected chi connectivity index (χ0v) is 13.2. The van der Waals surface area contributed by atoms with Gasteiger partial charge in [-0.25, -0.2) is 0 Å². The van der Waals surface area contributed by atoms with E-state index in [0.717, 1.165) is 37.1 Å². The van der Waals surface area contributed by atoms with Gasteiger partial charge in [0.15, 0.2) is 0 Å². The number of ether oxygens (including phenoxy) is 1. The molecule has 0 bridgehead atoms. The lowest BCUT2D eigenvalue weighted by atomic mass is 10.2. The van der Waals surface area contributed by atoms with Gasteiger partial charge in [0.05, 0.1) is 5.52 Å². The summed E-state index contributed by atoms with van der Waals surface area (Å²) in [5, 5.41) is 4.16. The summed E-state index contributed by atoms with van der Waals surface area (Å²) in [7, 11) is 4.14. The number of likely N-dealkylation sites (N-methyl/N-ethyl adjacent to an activating group) is 1. The lowest BCUT2D eigenvalue weighted by molar-refractivity contribution is -0.124. The Bertz CT molecular complexity index is 657. The minimum atomic E-state index is -0.295. The molecule has 118 valence electrons. The van der Waals surface area contributed by atoms with Crippen molar-refractivity contribution in [2.75, 3.05) is 32.6 Å². The van der Waals surface area contributed by atoms with Crippen LogP contribution in [0.2, 0.25) is 0 Å². The maximum atomic E-state index is 12.1. The number of anilines is 1. The molecule has 0 aliphatic carbocycles. The molecule has 3 rings (SSSR count). The number of hydrogen-bond acceptors (Lipinski definition) is 3. The van der Waals surface area contributed by atoms with Crippen molar-refractivity contribution >= 4 is 22.5 Å². The highest BCUT2D eigenvalue weighted by molar-refractivity contribution is 5.96. The predicted octanol–water partition coefficient (Wildman–Crippen LogP) is 2.32. The van der Waals surface area contributed by atoms with Crippen LogP contribution in [-0.2, 0) is 16.1 Å². The Morgan fingerprint density at radius 1 is 1.41 bits per heavy atom. The fourth-order valence-electron chi connectivity index (χ4n) is 2.77. The molecule has 1 aliphatic heterocycles. The highest BCUT2D eigenvalue weighted by atomic mass is 16.5. The van der Waals surface area contributed by atoms with Gasteiger partial charge in [0.25, 0.3) is 5.91 Å². The number of nitrogens with zero attached hydrogens (tertiary/aromatic N) is 2. The van der Waals surface area contributed by atoms with Crippen molar-refractivity contribution in [3.63, 3.8) is 0 Å². The van der Waals surface area contributed by atoms with Crippen LogP contribution in [0.25, 0.3) is 10.9 Å². The van der Waals surface area contributed by atoms with Crippen LogP contribution in [0.5, 0.6) is 0 Å². The summed E-state index contributed by atoms with van der Waals surface area (Å²) in [6, 6.07) is 8.15. The number of fused-ring (bicyclic) bond motifs is 1. The fourth-order valence-corrected chi connectivity index (χ4v) is 2.77. The van der Waals surface area contributed by atoms with Gasteiger partial charge < -0.3 is 19.5 Å². The Kier molecular flexibility index (Phi) is 4.45. The molecule has 1 aromatic heterocycles. The van der Waals surface area contributed by atoms with Crippen LogP contribution in [0.4, 0.5) is 5.69 Å². The second kappa shape index (κ2) is 6.50. The molecular weight excluding hydrogens is 278 g/mol. The highest BCUT2D eigenvalue weighted by Gasteiger charge is 2.23. The van der Waals surface area contributed by atoms with Gasteiger partial charge >= 0.3 is 0 Å². The maximum absolute atomic E-state index is 12.1. The minimum Gasteiger partial charge on any atom is -0.368 e. The van der Waals surface area contributed by atoms with Gasteiger partial charge in [-0.05, 0) is 50.5 Å². The summed E-state index contributed by atoms with van der Waals surface area (Å²) >= 11 is 0. The third kappa shape index (κ3) is 3.31. The Labute approximate surface area is 130 Å². The summed E-state index contributed by atoms with van der Waals surface area (Å²) in [6.07, 6.45) is 3.58. The van der Waals surface area contributed by atoms with Crippen LogP contribution in [-0.4, -0.2) is 48.7 Å². The van der Waals surface area contributed by atoms with E-state index in [0.29, 0.717) is 6.61 Å². The van der Waals surface area contributed by atoms with Crippen molar-refractivity contribution in [3.05, 3.63) is 30.5 Å². The first-order chi connectivity index (χ1) is 10.6. The normalized spacial score (nSPS) is 18.2. The van der Waals surface area contributed by atoms with Crippen LogP contribution < -0.4 is 5.32 Å². The predicted molar refractivity (Wildman–Crippen MR) is 88.1 cm³/mol. The van der Waals surface area contributed by atoms with Gasteiger partial charge in [0, 0.05) is 31.6 Å². The van der Waals surface area contributed by atoms with E-state index in [1.165, 1.54) is 5.39 Å². The smallest absolute Gasteiger partial charge is 0.253 e. The van der Waals surface area contributed by atoms with Crippen LogP contribution >= 0.6 is 0 Å². The number of carbonyl (C=O) groups is 1. The molecule has 5 nitrogen and oxygen atoms in total. The topological polar surface area (TPSA) is 46.5 Å². The molecule has 1 N–H and O–H groups in total. The van der Waals surface area contributed by atoms with Crippen LogP contribution in [0.3, 0.4) is 0 Å². The summed E-state index contributed by atoms with van der Waals surface area (Å²) in [6.45, 7) is 2.60. The zero-order chi connectivity index (χ0) is 15.5. The third-order valence-electron chi connectivity index (χ3n) is 4.05. The van der Waals surface area contributed by atoms with Crippen molar-refractivity contribution < 1.29 is 9.53 Å². The average molecular weight is 301 g/mol. The molecule has 1 saturated heterocycles. The number of amides is 1. The highest BCUT2D eigenvalue weighted by Crippen LogP contribution is 2.22. The Balaban J connectivity index is 1.76. The summed E-state index contributed by atoms with van der Waals surface area (Å²) in [4.78, 5) is 14.3. The molecular formula is C17H23N3O2. The van der Waals surface area contributed by atoms with Gasteiger partial charge in [-0.3, -0.25) is 4.79 Å². The zero-order valence-electron chi connectivity index (χ0n) is 13.2. The maximum Gasteiger partial charge on any atom is 0.253 e. The lowest BCUT2D eigenvalue weighted by Gasteiger charge is -2.13. The monoisotopic (exact) mass is 301 g/mol. The minimum absolute atomic E-state index is 0.0387. The first-order valence-electron chi connectivity index (χ1n) is 7.79. The van der Waals surface area contributed by atoms with E-state index < -0.39 is 0 Å². The number of nitrogens with one attached hydrogen (secondary N) is 1. The Morgan fingerprint density at radius 3 is 3.00 bits per heavy atom. The van der Waals surface area contributed by atoms with Gasteiger partial charge in [-0.15, -0.1) is 0 Å². The molecule has 1 aliphatic rings. The molecule has 5 heteroatoms. The molecule has 1 aromatic carbocycles. The van der Waals surface area contributed by atoms with E-state index in [1.807, 2.05) is 18.2 Å². The second-order valence-electron chi connectivity index (χ2n) is 6.08. The van der Waals surface area contributed by atoms with Gasteiger partial charge in [-0.1, -0.05) is 6.07 Å². The number of rotatable bonds is 5. The van der Waals surface area contributed by atoms with E-state index >= 15 is 0 Å². The number of benzene rings is 1. The van der Waals surface area contributed by atoms with Crippen molar-refractivity contribution in [2.45, 2.75) is 25.5 Å². The molecule has 2 heterocycles. The van der Waals surface area contributed by atoms with Gasteiger partial charge in [0.1, 0.15) is 6.10 Å².